The number of benzene rings is 1. The number of nitrogens with zero attached hydrogens (tertiary/aromatic N) is 2. The van der Waals surface area contributed by atoms with Gasteiger partial charge in [0.15, 0.2) is 9.92 Å². The van der Waals surface area contributed by atoms with E-state index in [1.165, 1.54) is 13.8 Å². The smallest absolute Gasteiger partial charge is 0.354 e. The summed E-state index contributed by atoms with van der Waals surface area (Å²) in [4.78, 5) is 16.8. The van der Waals surface area contributed by atoms with Gasteiger partial charge >= 0.3 is 6.03 Å². The first-order valence-electron chi connectivity index (χ1n) is 10.1. The molecule has 0 spiro atoms. The SMILES string of the molecule is CC(C)(O)c1nc(CO)c(S(N)(=O)=NC(=O)Nc2c3c(c(F)c4c2CCC4)CCC3)s1. The van der Waals surface area contributed by atoms with Gasteiger partial charge in [-0.2, -0.15) is 0 Å². The van der Waals surface area contributed by atoms with E-state index in [0.717, 1.165) is 35.3 Å². The Kier molecular flexibility index (Phi) is 5.67. The highest BCUT2D eigenvalue weighted by Gasteiger charge is 2.31. The maximum atomic E-state index is 14.8. The Morgan fingerprint density at radius 1 is 1.23 bits per heavy atom. The topological polar surface area (TPSA) is 138 Å². The van der Waals surface area contributed by atoms with Gasteiger partial charge in [-0.15, -0.1) is 15.7 Å². The first-order valence-corrected chi connectivity index (χ1v) is 12.5. The fourth-order valence-corrected chi connectivity index (χ4v) is 6.72. The second-order valence-electron chi connectivity index (χ2n) is 8.37. The van der Waals surface area contributed by atoms with Gasteiger partial charge in [-0.25, -0.2) is 23.5 Å². The van der Waals surface area contributed by atoms with Crippen LogP contribution in [0.3, 0.4) is 0 Å². The van der Waals surface area contributed by atoms with Crippen LogP contribution in [0, 0.1) is 5.82 Å². The highest BCUT2D eigenvalue weighted by molar-refractivity contribution is 7.93. The summed E-state index contributed by atoms with van der Waals surface area (Å²) in [6.45, 7) is 2.43. The van der Waals surface area contributed by atoms with Crippen molar-refractivity contribution in [2.45, 2.75) is 68.8 Å². The lowest BCUT2D eigenvalue weighted by Crippen LogP contribution is -2.19. The zero-order chi connectivity index (χ0) is 22.6. The number of amides is 2. The first-order chi connectivity index (χ1) is 14.5. The number of nitrogens with one attached hydrogen (secondary N) is 1. The maximum Gasteiger partial charge on any atom is 0.354 e. The number of hydrogen-bond donors (Lipinski definition) is 4. The lowest BCUT2D eigenvalue weighted by atomic mass is 9.98. The van der Waals surface area contributed by atoms with Gasteiger partial charge in [0.2, 0.25) is 0 Å². The third-order valence-electron chi connectivity index (χ3n) is 5.62. The number of aromatic nitrogens is 1. The van der Waals surface area contributed by atoms with Crippen LogP contribution in [0.1, 0.15) is 59.6 Å². The Bertz CT molecular complexity index is 1160. The van der Waals surface area contributed by atoms with Gasteiger partial charge in [-0.1, -0.05) is 0 Å². The number of fused-ring (bicyclic) bond motifs is 2. The van der Waals surface area contributed by atoms with Crippen LogP contribution >= 0.6 is 11.3 Å². The number of aliphatic hydroxyl groups is 2. The number of carbonyl (C=O) groups is 1. The minimum atomic E-state index is -3.72. The third kappa shape index (κ3) is 4.00. The molecule has 8 nitrogen and oxygen atoms in total. The molecule has 1 unspecified atom stereocenters. The second kappa shape index (κ2) is 7.89. The number of hydrogen-bond acceptors (Lipinski definition) is 6. The lowest BCUT2D eigenvalue weighted by Gasteiger charge is -2.16. The average molecular weight is 469 g/mol. The molecule has 5 N–H and O–H groups in total. The number of carbonyl (C=O) groups excluding carboxylic acids is 1. The van der Waals surface area contributed by atoms with Crippen molar-refractivity contribution in [2.24, 2.45) is 9.50 Å². The number of thiazole rings is 1. The highest BCUT2D eigenvalue weighted by atomic mass is 32.2. The summed E-state index contributed by atoms with van der Waals surface area (Å²) in [5.41, 5.74) is 2.09. The zero-order valence-electron chi connectivity index (χ0n) is 17.3. The summed E-state index contributed by atoms with van der Waals surface area (Å²) in [6, 6.07) is -0.899. The van der Waals surface area contributed by atoms with Crippen molar-refractivity contribution >= 4 is 33.0 Å². The standard InChI is InChI=1S/C20H25FN4O4S2/c1-20(2,28)18-23-14(9-26)17(30-18)31(22,29)25-19(27)24-16-12-7-3-5-10(12)15(21)11-6-4-8-13(11)16/h26,28H,3-9H2,1-2H3,(H3,22,24,25,27,29). The van der Waals surface area contributed by atoms with E-state index in [1.54, 1.807) is 0 Å². The molecule has 0 saturated heterocycles. The number of rotatable bonds is 4. The molecule has 2 aromatic rings. The molecule has 2 amide bonds. The minimum Gasteiger partial charge on any atom is -0.390 e. The zero-order valence-corrected chi connectivity index (χ0v) is 19.0. The molecule has 0 bridgehead atoms. The largest absolute Gasteiger partial charge is 0.390 e. The summed E-state index contributed by atoms with van der Waals surface area (Å²) in [6.07, 6.45) is 4.19. The molecule has 11 heteroatoms. The molecule has 0 saturated carbocycles. The fraction of sp³-hybridized carbons (Fsp3) is 0.500. The molecule has 0 aliphatic heterocycles. The first kappa shape index (κ1) is 22.3. The van der Waals surface area contributed by atoms with Crippen molar-refractivity contribution in [1.29, 1.82) is 0 Å². The minimum absolute atomic E-state index is 0.00902. The van der Waals surface area contributed by atoms with Crippen LogP contribution in [0.4, 0.5) is 14.9 Å². The van der Waals surface area contributed by atoms with Gasteiger partial charge in [0.25, 0.3) is 0 Å². The molecule has 2 aliphatic rings. The van der Waals surface area contributed by atoms with Crippen LogP contribution in [0.25, 0.3) is 0 Å². The van der Waals surface area contributed by atoms with Gasteiger partial charge in [-0.3, -0.25) is 0 Å². The molecule has 0 radical (unpaired) electrons. The molecule has 0 fully saturated rings. The Morgan fingerprint density at radius 3 is 2.29 bits per heavy atom. The Hall–Kier alpha value is -1.92. The van der Waals surface area contributed by atoms with Crippen LogP contribution in [0.2, 0.25) is 0 Å². The van der Waals surface area contributed by atoms with Crippen LogP contribution < -0.4 is 10.5 Å². The number of aliphatic hydroxyl groups excluding tert-OH is 1. The van der Waals surface area contributed by atoms with Crippen molar-refractivity contribution in [3.8, 4) is 0 Å². The fourth-order valence-electron chi connectivity index (χ4n) is 4.26. The average Bonchev–Trinajstić information content (AvgIpc) is 3.43. The Labute approximate surface area is 184 Å². The Balaban J connectivity index is 1.72. The second-order valence-corrected chi connectivity index (χ2v) is 11.4. The number of urea groups is 1. The molecule has 168 valence electrons. The maximum absolute atomic E-state index is 14.8. The summed E-state index contributed by atoms with van der Waals surface area (Å²) < 4.78 is 31.5. The van der Waals surface area contributed by atoms with Crippen molar-refractivity contribution in [3.05, 3.63) is 38.8 Å². The predicted molar refractivity (Wildman–Crippen MR) is 116 cm³/mol. The highest BCUT2D eigenvalue weighted by Crippen LogP contribution is 2.41. The molecular weight excluding hydrogens is 443 g/mol. The lowest BCUT2D eigenvalue weighted by molar-refractivity contribution is 0.0779. The Morgan fingerprint density at radius 2 is 1.77 bits per heavy atom. The van der Waals surface area contributed by atoms with E-state index in [1.807, 2.05) is 0 Å². The van der Waals surface area contributed by atoms with Crippen molar-refractivity contribution in [2.75, 3.05) is 5.32 Å². The van der Waals surface area contributed by atoms with E-state index in [4.69, 9.17) is 5.14 Å². The van der Waals surface area contributed by atoms with Gasteiger partial charge in [0.1, 0.15) is 20.6 Å². The molecule has 4 rings (SSSR count). The third-order valence-corrected chi connectivity index (χ3v) is 9.00. The van der Waals surface area contributed by atoms with E-state index in [9.17, 15) is 23.6 Å². The van der Waals surface area contributed by atoms with E-state index < -0.39 is 28.2 Å². The van der Waals surface area contributed by atoms with Gasteiger partial charge in [-0.05, 0) is 74.6 Å². The van der Waals surface area contributed by atoms with Gasteiger partial charge in [0, 0.05) is 5.69 Å². The quantitative estimate of drug-likeness (QED) is 0.547. The summed E-state index contributed by atoms with van der Waals surface area (Å²) >= 11 is 0.844. The molecule has 1 aromatic carbocycles. The van der Waals surface area contributed by atoms with E-state index in [2.05, 4.69) is 14.7 Å². The molecule has 1 heterocycles. The number of halogens is 1. The van der Waals surface area contributed by atoms with Gasteiger partial charge < -0.3 is 15.5 Å². The number of anilines is 1. The number of nitrogens with two attached hydrogens (primary N) is 1. The van der Waals surface area contributed by atoms with E-state index in [0.29, 0.717) is 42.5 Å². The van der Waals surface area contributed by atoms with Gasteiger partial charge in [0.05, 0.1) is 12.3 Å². The van der Waals surface area contributed by atoms with Crippen molar-refractivity contribution in [3.63, 3.8) is 0 Å². The predicted octanol–water partition coefficient (Wildman–Crippen LogP) is 2.91. The van der Waals surface area contributed by atoms with Crippen LogP contribution in [-0.4, -0.2) is 25.4 Å². The van der Waals surface area contributed by atoms with E-state index in [-0.39, 0.29) is 20.7 Å². The van der Waals surface area contributed by atoms with Crippen LogP contribution in [0.15, 0.2) is 8.57 Å². The van der Waals surface area contributed by atoms with Crippen molar-refractivity contribution in [1.82, 2.24) is 4.98 Å². The molecule has 1 aromatic heterocycles. The normalized spacial score (nSPS) is 17.2. The summed E-state index contributed by atoms with van der Waals surface area (Å²) in [5.74, 6) is -0.158. The van der Waals surface area contributed by atoms with Crippen molar-refractivity contribution < 1.29 is 23.6 Å². The molecular formula is C20H25FN4O4S2. The van der Waals surface area contributed by atoms with Crippen LogP contribution in [0.5, 0.6) is 0 Å². The van der Waals surface area contributed by atoms with E-state index >= 15 is 0 Å². The molecule has 1 atom stereocenters. The van der Waals surface area contributed by atoms with Crippen LogP contribution in [-0.2, 0) is 47.8 Å². The summed E-state index contributed by atoms with van der Waals surface area (Å²) in [5, 5.41) is 28.5. The molecule has 2 aliphatic carbocycles. The summed E-state index contributed by atoms with van der Waals surface area (Å²) in [7, 11) is -3.72. The monoisotopic (exact) mass is 468 g/mol. The molecule has 31 heavy (non-hydrogen) atoms.